The number of pyridine rings is 1. The van der Waals surface area contributed by atoms with Gasteiger partial charge in [0, 0.05) is 13.6 Å². The predicted molar refractivity (Wildman–Crippen MR) is 83.5 cm³/mol. The summed E-state index contributed by atoms with van der Waals surface area (Å²) in [6.45, 7) is 6.19. The first-order valence-electron chi connectivity index (χ1n) is 7.14. The van der Waals surface area contributed by atoms with Crippen molar-refractivity contribution in [1.29, 1.82) is 0 Å². The number of rotatable bonds is 7. The van der Waals surface area contributed by atoms with Gasteiger partial charge >= 0.3 is 0 Å². The molecule has 2 rings (SSSR count). The Balaban J connectivity index is 1.98. The highest BCUT2D eigenvalue weighted by Gasteiger charge is 2.13. The van der Waals surface area contributed by atoms with E-state index in [2.05, 4.69) is 22.3 Å². The standard InChI is InChI=1S/C15H21ClN4O/c1-4-13-15(16)14(20(3)19-13)10-21-12-7-6-11(18-9-12)8-17-5-2/h6-7,9,17H,4-5,8,10H2,1-3H3. The van der Waals surface area contributed by atoms with Gasteiger partial charge < -0.3 is 10.1 Å². The molecule has 0 aliphatic heterocycles. The fourth-order valence-corrected chi connectivity index (χ4v) is 2.33. The predicted octanol–water partition coefficient (Wildman–Crippen LogP) is 2.72. The number of hydrogen-bond donors (Lipinski definition) is 1. The Hall–Kier alpha value is -1.59. The van der Waals surface area contributed by atoms with Gasteiger partial charge in [-0.1, -0.05) is 25.4 Å². The molecule has 0 aliphatic rings. The smallest absolute Gasteiger partial charge is 0.138 e. The van der Waals surface area contributed by atoms with E-state index in [1.54, 1.807) is 10.9 Å². The van der Waals surface area contributed by atoms with E-state index in [1.807, 2.05) is 26.1 Å². The number of hydrogen-bond acceptors (Lipinski definition) is 4. The molecular weight excluding hydrogens is 288 g/mol. The summed E-state index contributed by atoms with van der Waals surface area (Å²) in [5.74, 6) is 0.727. The minimum atomic E-state index is 0.385. The van der Waals surface area contributed by atoms with Crippen LogP contribution in [-0.4, -0.2) is 21.3 Å². The van der Waals surface area contributed by atoms with Crippen molar-refractivity contribution in [2.75, 3.05) is 6.54 Å². The Morgan fingerprint density at radius 3 is 2.71 bits per heavy atom. The number of halogens is 1. The van der Waals surface area contributed by atoms with Gasteiger partial charge in [-0.05, 0) is 25.1 Å². The molecule has 0 saturated heterocycles. The van der Waals surface area contributed by atoms with E-state index in [9.17, 15) is 0 Å². The molecule has 0 fully saturated rings. The van der Waals surface area contributed by atoms with Gasteiger partial charge in [0.15, 0.2) is 0 Å². The monoisotopic (exact) mass is 308 g/mol. The first kappa shape index (κ1) is 15.8. The largest absolute Gasteiger partial charge is 0.486 e. The first-order valence-corrected chi connectivity index (χ1v) is 7.52. The maximum absolute atomic E-state index is 6.29. The molecule has 0 atom stereocenters. The van der Waals surface area contributed by atoms with Gasteiger partial charge in [0.05, 0.1) is 28.3 Å². The van der Waals surface area contributed by atoms with E-state index in [1.165, 1.54) is 0 Å². The molecule has 6 heteroatoms. The van der Waals surface area contributed by atoms with E-state index in [0.29, 0.717) is 11.6 Å². The average molecular weight is 309 g/mol. The zero-order valence-corrected chi connectivity index (χ0v) is 13.4. The molecule has 0 amide bonds. The van der Waals surface area contributed by atoms with E-state index in [-0.39, 0.29) is 0 Å². The minimum Gasteiger partial charge on any atom is -0.486 e. The maximum atomic E-state index is 6.29. The van der Waals surface area contributed by atoms with Crippen LogP contribution in [-0.2, 0) is 26.6 Å². The molecule has 0 radical (unpaired) electrons. The van der Waals surface area contributed by atoms with Gasteiger partial charge in [0.1, 0.15) is 12.4 Å². The third-order valence-electron chi connectivity index (χ3n) is 3.23. The summed E-state index contributed by atoms with van der Waals surface area (Å²) in [5.41, 5.74) is 2.78. The van der Waals surface area contributed by atoms with Crippen LogP contribution in [0, 0.1) is 0 Å². The lowest BCUT2D eigenvalue weighted by molar-refractivity contribution is 0.293. The highest BCUT2D eigenvalue weighted by atomic mass is 35.5. The van der Waals surface area contributed by atoms with Crippen molar-refractivity contribution in [2.24, 2.45) is 7.05 Å². The van der Waals surface area contributed by atoms with E-state index >= 15 is 0 Å². The molecular formula is C15H21ClN4O. The number of aryl methyl sites for hydroxylation is 2. The van der Waals surface area contributed by atoms with Crippen molar-refractivity contribution >= 4 is 11.6 Å². The Morgan fingerprint density at radius 2 is 2.14 bits per heavy atom. The van der Waals surface area contributed by atoms with Gasteiger partial charge in [-0.3, -0.25) is 9.67 Å². The van der Waals surface area contributed by atoms with Crippen molar-refractivity contribution in [3.8, 4) is 5.75 Å². The van der Waals surface area contributed by atoms with Crippen molar-refractivity contribution in [3.05, 3.63) is 40.4 Å². The quantitative estimate of drug-likeness (QED) is 0.854. The Kier molecular flexibility index (Phi) is 5.59. The second-order valence-corrected chi connectivity index (χ2v) is 5.12. The van der Waals surface area contributed by atoms with Crippen LogP contribution in [0.15, 0.2) is 18.3 Å². The lowest BCUT2D eigenvalue weighted by Gasteiger charge is -2.07. The SMILES string of the molecule is CCNCc1ccc(OCc2c(Cl)c(CC)nn2C)cn1. The highest BCUT2D eigenvalue weighted by Crippen LogP contribution is 2.22. The summed E-state index contributed by atoms with van der Waals surface area (Å²) >= 11 is 6.29. The van der Waals surface area contributed by atoms with Crippen LogP contribution in [0.25, 0.3) is 0 Å². The zero-order valence-electron chi connectivity index (χ0n) is 12.7. The van der Waals surface area contributed by atoms with Crippen molar-refractivity contribution < 1.29 is 4.74 Å². The molecule has 0 aliphatic carbocycles. The molecule has 0 unspecified atom stereocenters. The summed E-state index contributed by atoms with van der Waals surface area (Å²) in [4.78, 5) is 4.35. The lowest BCUT2D eigenvalue weighted by atomic mass is 10.3. The molecule has 114 valence electrons. The van der Waals surface area contributed by atoms with E-state index in [4.69, 9.17) is 16.3 Å². The van der Waals surface area contributed by atoms with E-state index < -0.39 is 0 Å². The first-order chi connectivity index (χ1) is 10.2. The van der Waals surface area contributed by atoms with Crippen molar-refractivity contribution in [3.63, 3.8) is 0 Å². The summed E-state index contributed by atoms with van der Waals surface area (Å²) in [5, 5.41) is 8.29. The molecule has 5 nitrogen and oxygen atoms in total. The van der Waals surface area contributed by atoms with Crippen molar-refractivity contribution in [2.45, 2.75) is 33.4 Å². The summed E-state index contributed by atoms with van der Waals surface area (Å²) < 4.78 is 7.51. The Morgan fingerprint density at radius 1 is 1.33 bits per heavy atom. The maximum Gasteiger partial charge on any atom is 0.138 e. The topological polar surface area (TPSA) is 52.0 Å². The molecule has 2 aromatic heterocycles. The van der Waals surface area contributed by atoms with Crippen LogP contribution in [0.1, 0.15) is 30.9 Å². The number of aromatic nitrogens is 3. The Labute approximate surface area is 130 Å². The zero-order chi connectivity index (χ0) is 15.2. The minimum absolute atomic E-state index is 0.385. The fraction of sp³-hybridized carbons (Fsp3) is 0.467. The molecule has 0 bridgehead atoms. The molecule has 0 aromatic carbocycles. The number of nitrogens with zero attached hydrogens (tertiary/aromatic N) is 3. The second-order valence-electron chi connectivity index (χ2n) is 4.74. The number of ether oxygens (including phenoxy) is 1. The van der Waals surface area contributed by atoms with Crippen LogP contribution >= 0.6 is 11.6 Å². The van der Waals surface area contributed by atoms with Gasteiger partial charge in [0.2, 0.25) is 0 Å². The third-order valence-corrected chi connectivity index (χ3v) is 3.67. The number of nitrogens with one attached hydrogen (secondary N) is 1. The van der Waals surface area contributed by atoms with Gasteiger partial charge in [-0.25, -0.2) is 0 Å². The molecule has 2 heterocycles. The van der Waals surface area contributed by atoms with Crippen LogP contribution < -0.4 is 10.1 Å². The lowest BCUT2D eigenvalue weighted by Crippen LogP contribution is -2.12. The highest BCUT2D eigenvalue weighted by molar-refractivity contribution is 6.31. The van der Waals surface area contributed by atoms with Crippen LogP contribution in [0.3, 0.4) is 0 Å². The Bertz CT molecular complexity index is 580. The third kappa shape index (κ3) is 3.95. The van der Waals surface area contributed by atoms with Gasteiger partial charge in [-0.2, -0.15) is 5.10 Å². The molecule has 2 aromatic rings. The molecule has 0 spiro atoms. The summed E-state index contributed by atoms with van der Waals surface area (Å²) in [6, 6.07) is 3.88. The van der Waals surface area contributed by atoms with Crippen LogP contribution in [0.4, 0.5) is 0 Å². The molecule has 21 heavy (non-hydrogen) atoms. The van der Waals surface area contributed by atoms with Crippen molar-refractivity contribution in [1.82, 2.24) is 20.1 Å². The second kappa shape index (κ2) is 7.43. The van der Waals surface area contributed by atoms with Crippen LogP contribution in [0.5, 0.6) is 5.75 Å². The molecule has 1 N–H and O–H groups in total. The summed E-state index contributed by atoms with van der Waals surface area (Å²) in [6.07, 6.45) is 2.55. The van der Waals surface area contributed by atoms with Gasteiger partial charge in [0.25, 0.3) is 0 Å². The van der Waals surface area contributed by atoms with E-state index in [0.717, 1.165) is 42.3 Å². The molecule has 0 saturated carbocycles. The summed E-state index contributed by atoms with van der Waals surface area (Å²) in [7, 11) is 1.88. The normalized spacial score (nSPS) is 10.9. The van der Waals surface area contributed by atoms with Gasteiger partial charge in [-0.15, -0.1) is 0 Å². The van der Waals surface area contributed by atoms with Crippen LogP contribution in [0.2, 0.25) is 5.02 Å². The average Bonchev–Trinajstić information content (AvgIpc) is 2.78. The fourth-order valence-electron chi connectivity index (χ4n) is 1.98.